The fraction of sp³-hybridized carbons (Fsp3) is 0.421. The van der Waals surface area contributed by atoms with E-state index in [0.717, 1.165) is 50.9 Å². The molecule has 5 nitrogen and oxygen atoms in total. The Morgan fingerprint density at radius 3 is 2.72 bits per heavy atom. The van der Waals surface area contributed by atoms with Gasteiger partial charge in [0.25, 0.3) is 0 Å². The van der Waals surface area contributed by atoms with Crippen LogP contribution in [0.3, 0.4) is 0 Å². The molecule has 1 fully saturated rings. The van der Waals surface area contributed by atoms with Crippen molar-refractivity contribution in [1.29, 1.82) is 0 Å². The minimum Gasteiger partial charge on any atom is -0.469 e. The number of guanidine groups is 1. The molecule has 136 valence electrons. The first-order valence-corrected chi connectivity index (χ1v) is 8.56. The van der Waals surface area contributed by atoms with Gasteiger partial charge in [0.05, 0.1) is 19.4 Å². The molecule has 1 aromatic heterocycles. The second kappa shape index (κ2) is 11.1. The lowest BCUT2D eigenvalue weighted by Crippen LogP contribution is -2.40. The van der Waals surface area contributed by atoms with E-state index in [4.69, 9.17) is 14.1 Å². The maximum atomic E-state index is 5.44. The number of furan rings is 1. The van der Waals surface area contributed by atoms with E-state index in [1.807, 2.05) is 30.3 Å². The van der Waals surface area contributed by atoms with Gasteiger partial charge in [0.15, 0.2) is 5.96 Å². The van der Waals surface area contributed by atoms with Crippen molar-refractivity contribution < 1.29 is 9.15 Å². The van der Waals surface area contributed by atoms with Crippen LogP contribution in [0.15, 0.2) is 58.1 Å². The summed E-state index contributed by atoms with van der Waals surface area (Å²) in [6.45, 7) is 4.05. The maximum absolute atomic E-state index is 5.44. The summed E-state index contributed by atoms with van der Waals surface area (Å²) in [6.07, 6.45) is 3.66. The van der Waals surface area contributed by atoms with Crippen molar-refractivity contribution in [2.45, 2.75) is 19.4 Å². The van der Waals surface area contributed by atoms with Gasteiger partial charge in [0, 0.05) is 32.0 Å². The van der Waals surface area contributed by atoms with Gasteiger partial charge in [-0.25, -0.2) is 4.99 Å². The molecule has 0 radical (unpaired) electrons. The second-order valence-corrected chi connectivity index (χ2v) is 6.02. The van der Waals surface area contributed by atoms with Crippen LogP contribution in [-0.4, -0.2) is 32.3 Å². The van der Waals surface area contributed by atoms with Gasteiger partial charge in [-0.15, -0.1) is 24.0 Å². The summed E-state index contributed by atoms with van der Waals surface area (Å²) in [4.78, 5) is 4.70. The second-order valence-electron chi connectivity index (χ2n) is 6.02. The van der Waals surface area contributed by atoms with E-state index in [-0.39, 0.29) is 24.0 Å². The molecule has 0 aliphatic carbocycles. The lowest BCUT2D eigenvalue weighted by Gasteiger charge is -2.15. The summed E-state index contributed by atoms with van der Waals surface area (Å²) in [5.41, 5.74) is 1.20. The molecule has 1 atom stereocenters. The first kappa shape index (κ1) is 19.8. The molecule has 1 aromatic carbocycles. The van der Waals surface area contributed by atoms with E-state index in [1.165, 1.54) is 5.56 Å². The Morgan fingerprint density at radius 2 is 2.00 bits per heavy atom. The predicted octanol–water partition coefficient (Wildman–Crippen LogP) is 3.21. The Balaban J connectivity index is 0.00000225. The topological polar surface area (TPSA) is 58.8 Å². The average Bonchev–Trinajstić information content (AvgIpc) is 3.31. The number of nitrogens with one attached hydrogen (secondary N) is 2. The predicted molar refractivity (Wildman–Crippen MR) is 110 cm³/mol. The van der Waals surface area contributed by atoms with Gasteiger partial charge in [-0.3, -0.25) is 0 Å². The zero-order chi connectivity index (χ0) is 16.5. The van der Waals surface area contributed by atoms with Gasteiger partial charge in [-0.2, -0.15) is 0 Å². The SMILES string of the molecule is I.c1ccc(CN=C(NCCc2ccco2)NCC2CCOC2)cc1. The lowest BCUT2D eigenvalue weighted by molar-refractivity contribution is 0.186. The van der Waals surface area contributed by atoms with Crippen LogP contribution in [-0.2, 0) is 17.7 Å². The molecule has 0 spiro atoms. The number of hydrogen-bond acceptors (Lipinski definition) is 3. The highest BCUT2D eigenvalue weighted by Crippen LogP contribution is 2.10. The van der Waals surface area contributed by atoms with Gasteiger partial charge < -0.3 is 19.8 Å². The molecular weight excluding hydrogens is 429 g/mol. The monoisotopic (exact) mass is 455 g/mol. The van der Waals surface area contributed by atoms with E-state index in [2.05, 4.69) is 22.8 Å². The van der Waals surface area contributed by atoms with Crippen LogP contribution >= 0.6 is 24.0 Å². The molecular formula is C19H26IN3O2. The molecule has 1 saturated heterocycles. The smallest absolute Gasteiger partial charge is 0.191 e. The highest BCUT2D eigenvalue weighted by molar-refractivity contribution is 14.0. The van der Waals surface area contributed by atoms with E-state index in [0.29, 0.717) is 12.5 Å². The molecule has 0 bridgehead atoms. The Labute approximate surface area is 166 Å². The summed E-state index contributed by atoms with van der Waals surface area (Å²) in [7, 11) is 0. The molecule has 0 amide bonds. The Kier molecular flexibility index (Phi) is 8.82. The summed E-state index contributed by atoms with van der Waals surface area (Å²) < 4.78 is 10.8. The van der Waals surface area contributed by atoms with Gasteiger partial charge in [-0.1, -0.05) is 30.3 Å². The standard InChI is InChI=1S/C19H25N3O2.HI/c1-2-5-16(6-3-1)13-21-19(22-14-17-9-12-23-15-17)20-10-8-18-7-4-11-24-18;/h1-7,11,17H,8-10,12-15H2,(H2,20,21,22);1H. The third kappa shape index (κ3) is 7.07. The fourth-order valence-corrected chi connectivity index (χ4v) is 2.67. The van der Waals surface area contributed by atoms with Crippen LogP contribution in [0.25, 0.3) is 0 Å². The molecule has 1 unspecified atom stereocenters. The van der Waals surface area contributed by atoms with Gasteiger partial charge in [-0.05, 0) is 24.1 Å². The van der Waals surface area contributed by atoms with Crippen LogP contribution in [0.1, 0.15) is 17.7 Å². The van der Waals surface area contributed by atoms with Crippen LogP contribution < -0.4 is 10.6 Å². The van der Waals surface area contributed by atoms with Crippen molar-refractivity contribution in [3.8, 4) is 0 Å². The van der Waals surface area contributed by atoms with Crippen LogP contribution in [0.4, 0.5) is 0 Å². The van der Waals surface area contributed by atoms with Crippen molar-refractivity contribution in [2.75, 3.05) is 26.3 Å². The van der Waals surface area contributed by atoms with Crippen LogP contribution in [0.5, 0.6) is 0 Å². The number of benzene rings is 1. The van der Waals surface area contributed by atoms with Crippen LogP contribution in [0, 0.1) is 5.92 Å². The summed E-state index contributed by atoms with van der Waals surface area (Å²) in [5.74, 6) is 2.39. The van der Waals surface area contributed by atoms with Gasteiger partial charge in [0.2, 0.25) is 0 Å². The average molecular weight is 455 g/mol. The Bertz CT molecular complexity index is 611. The normalized spacial score (nSPS) is 17.1. The molecule has 25 heavy (non-hydrogen) atoms. The van der Waals surface area contributed by atoms with E-state index in [1.54, 1.807) is 6.26 Å². The van der Waals surface area contributed by atoms with E-state index in [9.17, 15) is 0 Å². The number of ether oxygens (including phenoxy) is 1. The number of halogens is 1. The molecule has 2 N–H and O–H groups in total. The molecule has 1 aliphatic rings. The minimum atomic E-state index is 0. The third-order valence-corrected chi connectivity index (χ3v) is 4.09. The van der Waals surface area contributed by atoms with Crippen LogP contribution in [0.2, 0.25) is 0 Å². The molecule has 0 saturated carbocycles. The maximum Gasteiger partial charge on any atom is 0.191 e. The summed E-state index contributed by atoms with van der Waals surface area (Å²) >= 11 is 0. The van der Waals surface area contributed by atoms with Crippen molar-refractivity contribution in [3.63, 3.8) is 0 Å². The van der Waals surface area contributed by atoms with Crippen molar-refractivity contribution in [1.82, 2.24) is 10.6 Å². The van der Waals surface area contributed by atoms with Crippen molar-refractivity contribution in [2.24, 2.45) is 10.9 Å². The zero-order valence-electron chi connectivity index (χ0n) is 14.3. The molecule has 2 heterocycles. The lowest BCUT2D eigenvalue weighted by atomic mass is 10.1. The first-order valence-electron chi connectivity index (χ1n) is 8.56. The van der Waals surface area contributed by atoms with Gasteiger partial charge in [0.1, 0.15) is 5.76 Å². The highest BCUT2D eigenvalue weighted by atomic mass is 127. The minimum absolute atomic E-state index is 0. The number of rotatable bonds is 7. The zero-order valence-corrected chi connectivity index (χ0v) is 16.6. The van der Waals surface area contributed by atoms with Crippen molar-refractivity contribution >= 4 is 29.9 Å². The summed E-state index contributed by atoms with van der Waals surface area (Å²) in [5, 5.41) is 6.83. The summed E-state index contributed by atoms with van der Waals surface area (Å²) in [6, 6.07) is 14.2. The van der Waals surface area contributed by atoms with Crippen molar-refractivity contribution in [3.05, 3.63) is 60.1 Å². The largest absolute Gasteiger partial charge is 0.469 e. The third-order valence-electron chi connectivity index (χ3n) is 4.09. The highest BCUT2D eigenvalue weighted by Gasteiger charge is 2.15. The molecule has 2 aromatic rings. The fourth-order valence-electron chi connectivity index (χ4n) is 2.67. The molecule has 3 rings (SSSR count). The quantitative estimate of drug-likeness (QED) is 0.383. The number of aliphatic imine (C=N–C) groups is 1. The number of nitrogens with zero attached hydrogens (tertiary/aromatic N) is 1. The molecule has 6 heteroatoms. The Morgan fingerprint density at radius 1 is 1.12 bits per heavy atom. The number of hydrogen-bond donors (Lipinski definition) is 2. The molecule has 1 aliphatic heterocycles. The van der Waals surface area contributed by atoms with E-state index >= 15 is 0 Å². The Hall–Kier alpha value is -1.54. The van der Waals surface area contributed by atoms with E-state index < -0.39 is 0 Å². The van der Waals surface area contributed by atoms with Gasteiger partial charge >= 0.3 is 0 Å². The first-order chi connectivity index (χ1) is 11.9.